The van der Waals surface area contributed by atoms with Crippen LogP contribution in [0.1, 0.15) is 26.3 Å². The van der Waals surface area contributed by atoms with Crippen LogP contribution in [0.3, 0.4) is 0 Å². The van der Waals surface area contributed by atoms with Crippen LogP contribution in [0.4, 0.5) is 0 Å². The fraction of sp³-hybridized carbons (Fsp3) is 0.385. The molecule has 14 heavy (non-hydrogen) atoms. The zero-order valence-corrected chi connectivity index (χ0v) is 9.07. The maximum Gasteiger partial charge on any atom is 0.0749 e. The predicted molar refractivity (Wildman–Crippen MR) is 60.9 cm³/mol. The van der Waals surface area contributed by atoms with Crippen molar-refractivity contribution >= 4 is 5.57 Å². The number of hydrogen-bond acceptors (Lipinski definition) is 1. The maximum atomic E-state index is 9.68. The van der Waals surface area contributed by atoms with E-state index in [0.717, 1.165) is 5.57 Å². The van der Waals surface area contributed by atoms with Crippen molar-refractivity contribution in [2.75, 3.05) is 0 Å². The van der Waals surface area contributed by atoms with E-state index < -0.39 is 0 Å². The Morgan fingerprint density at radius 3 is 2.29 bits per heavy atom. The van der Waals surface area contributed by atoms with Gasteiger partial charge in [0.25, 0.3) is 0 Å². The molecular formula is C13H18O. The Hall–Kier alpha value is -1.08. The van der Waals surface area contributed by atoms with E-state index in [9.17, 15) is 5.11 Å². The van der Waals surface area contributed by atoms with E-state index in [-0.39, 0.29) is 12.0 Å². The first-order valence-corrected chi connectivity index (χ1v) is 5.03. The Kier molecular flexibility index (Phi) is 3.90. The molecule has 0 aliphatic carbocycles. The lowest BCUT2D eigenvalue weighted by Crippen LogP contribution is -2.11. The van der Waals surface area contributed by atoms with Gasteiger partial charge in [0.2, 0.25) is 0 Å². The quantitative estimate of drug-likeness (QED) is 0.776. The van der Waals surface area contributed by atoms with Crippen LogP contribution in [0.15, 0.2) is 36.4 Å². The van der Waals surface area contributed by atoms with Crippen molar-refractivity contribution in [1.82, 2.24) is 0 Å². The third kappa shape index (κ3) is 3.00. The summed E-state index contributed by atoms with van der Waals surface area (Å²) in [5.74, 6) is 0.272. The van der Waals surface area contributed by atoms with Gasteiger partial charge in [0.05, 0.1) is 6.10 Å². The van der Waals surface area contributed by atoms with Gasteiger partial charge in [-0.15, -0.1) is 0 Å². The number of rotatable bonds is 3. The van der Waals surface area contributed by atoms with Crippen molar-refractivity contribution in [3.8, 4) is 0 Å². The minimum absolute atomic E-state index is 0.272. The van der Waals surface area contributed by atoms with Crippen LogP contribution >= 0.6 is 0 Å². The highest BCUT2D eigenvalue weighted by Gasteiger charge is 2.06. The zero-order valence-electron chi connectivity index (χ0n) is 9.07. The van der Waals surface area contributed by atoms with E-state index in [0.29, 0.717) is 0 Å². The van der Waals surface area contributed by atoms with Crippen LogP contribution in [0.5, 0.6) is 0 Å². The topological polar surface area (TPSA) is 20.2 Å². The molecule has 0 heterocycles. The molecule has 0 aliphatic rings. The number of aliphatic hydroxyl groups is 1. The van der Waals surface area contributed by atoms with Gasteiger partial charge in [0, 0.05) is 0 Å². The second-order valence-corrected chi connectivity index (χ2v) is 3.95. The molecule has 1 aromatic carbocycles. The van der Waals surface area contributed by atoms with Gasteiger partial charge in [-0.25, -0.2) is 0 Å². The lowest BCUT2D eigenvalue weighted by atomic mass is 10.0. The molecule has 76 valence electrons. The molecule has 0 aliphatic heterocycles. The summed E-state index contributed by atoms with van der Waals surface area (Å²) < 4.78 is 0. The van der Waals surface area contributed by atoms with E-state index in [1.807, 2.05) is 45.0 Å². The molecule has 1 rings (SSSR count). The Labute approximate surface area is 86.1 Å². The first-order chi connectivity index (χ1) is 6.61. The molecule has 1 aromatic rings. The molecular weight excluding hydrogens is 172 g/mol. The monoisotopic (exact) mass is 190 g/mol. The first kappa shape index (κ1) is 11.0. The molecule has 0 amide bonds. The first-order valence-electron chi connectivity index (χ1n) is 5.03. The average molecular weight is 190 g/mol. The molecule has 0 radical (unpaired) electrons. The van der Waals surface area contributed by atoms with Gasteiger partial charge in [-0.05, 0) is 24.0 Å². The third-order valence-corrected chi connectivity index (χ3v) is 2.33. The van der Waals surface area contributed by atoms with Gasteiger partial charge in [-0.1, -0.05) is 50.3 Å². The molecule has 0 saturated carbocycles. The van der Waals surface area contributed by atoms with Crippen molar-refractivity contribution in [3.63, 3.8) is 0 Å². The summed E-state index contributed by atoms with van der Waals surface area (Å²) in [4.78, 5) is 0. The number of aliphatic hydroxyl groups excluding tert-OH is 1. The standard InChI is InChI=1S/C13H18O/c1-10(2)13(14)9-11(3)12-7-5-4-6-8-12/h4-10,13-14H,1-3H3/b11-9+. The fourth-order valence-corrected chi connectivity index (χ4v) is 1.25. The van der Waals surface area contributed by atoms with E-state index in [1.165, 1.54) is 5.56 Å². The molecule has 0 fully saturated rings. The second kappa shape index (κ2) is 4.97. The van der Waals surface area contributed by atoms with Gasteiger partial charge >= 0.3 is 0 Å². The molecule has 1 heteroatoms. The molecule has 1 unspecified atom stereocenters. The summed E-state index contributed by atoms with van der Waals surface area (Å²) in [6.45, 7) is 6.06. The smallest absolute Gasteiger partial charge is 0.0749 e. The number of hydrogen-bond donors (Lipinski definition) is 1. The van der Waals surface area contributed by atoms with Crippen molar-refractivity contribution in [2.45, 2.75) is 26.9 Å². The minimum Gasteiger partial charge on any atom is -0.389 e. The Morgan fingerprint density at radius 1 is 1.21 bits per heavy atom. The van der Waals surface area contributed by atoms with Crippen LogP contribution in [0.2, 0.25) is 0 Å². The minimum atomic E-state index is -0.352. The highest BCUT2D eigenvalue weighted by molar-refractivity contribution is 5.63. The lowest BCUT2D eigenvalue weighted by molar-refractivity contribution is 0.172. The molecule has 0 saturated heterocycles. The van der Waals surface area contributed by atoms with Crippen molar-refractivity contribution in [3.05, 3.63) is 42.0 Å². The van der Waals surface area contributed by atoms with Gasteiger partial charge < -0.3 is 5.11 Å². The Morgan fingerprint density at radius 2 is 1.79 bits per heavy atom. The van der Waals surface area contributed by atoms with Crippen LogP contribution in [0.25, 0.3) is 5.57 Å². The molecule has 0 spiro atoms. The van der Waals surface area contributed by atoms with E-state index >= 15 is 0 Å². The van der Waals surface area contributed by atoms with Gasteiger partial charge in [0.15, 0.2) is 0 Å². The number of allylic oxidation sites excluding steroid dienone is 1. The van der Waals surface area contributed by atoms with E-state index in [4.69, 9.17) is 0 Å². The maximum absolute atomic E-state index is 9.68. The molecule has 0 bridgehead atoms. The third-order valence-electron chi connectivity index (χ3n) is 2.33. The van der Waals surface area contributed by atoms with E-state index in [1.54, 1.807) is 0 Å². The lowest BCUT2D eigenvalue weighted by Gasteiger charge is -2.11. The summed E-state index contributed by atoms with van der Waals surface area (Å²) in [5.41, 5.74) is 2.30. The summed E-state index contributed by atoms with van der Waals surface area (Å²) in [6, 6.07) is 10.1. The van der Waals surface area contributed by atoms with Crippen LogP contribution < -0.4 is 0 Å². The van der Waals surface area contributed by atoms with Gasteiger partial charge in [-0.3, -0.25) is 0 Å². The van der Waals surface area contributed by atoms with Gasteiger partial charge in [0.1, 0.15) is 0 Å². The van der Waals surface area contributed by atoms with E-state index in [2.05, 4.69) is 12.1 Å². The SMILES string of the molecule is C/C(=C\C(O)C(C)C)c1ccccc1. The summed E-state index contributed by atoms with van der Waals surface area (Å²) in [5, 5.41) is 9.68. The molecule has 1 nitrogen and oxygen atoms in total. The van der Waals surface area contributed by atoms with Crippen molar-refractivity contribution in [1.29, 1.82) is 0 Å². The normalized spacial score (nSPS) is 14.5. The Balaban J connectivity index is 2.80. The highest BCUT2D eigenvalue weighted by Crippen LogP contribution is 2.15. The number of benzene rings is 1. The largest absolute Gasteiger partial charge is 0.389 e. The summed E-state index contributed by atoms with van der Waals surface area (Å²) in [6.07, 6.45) is 1.57. The Bertz CT molecular complexity index is 298. The predicted octanol–water partition coefficient (Wildman–Crippen LogP) is 3.11. The molecule has 1 atom stereocenters. The van der Waals surface area contributed by atoms with Crippen molar-refractivity contribution in [2.24, 2.45) is 5.92 Å². The molecule has 1 N–H and O–H groups in total. The molecule has 0 aromatic heterocycles. The fourth-order valence-electron chi connectivity index (χ4n) is 1.25. The average Bonchev–Trinajstić information content (AvgIpc) is 2.19. The van der Waals surface area contributed by atoms with Crippen LogP contribution in [0, 0.1) is 5.92 Å². The highest BCUT2D eigenvalue weighted by atomic mass is 16.3. The zero-order chi connectivity index (χ0) is 10.6. The van der Waals surface area contributed by atoms with Gasteiger partial charge in [-0.2, -0.15) is 0 Å². The summed E-state index contributed by atoms with van der Waals surface area (Å²) >= 11 is 0. The second-order valence-electron chi connectivity index (χ2n) is 3.95. The van der Waals surface area contributed by atoms with Crippen molar-refractivity contribution < 1.29 is 5.11 Å². The van der Waals surface area contributed by atoms with Crippen LogP contribution in [-0.2, 0) is 0 Å². The summed E-state index contributed by atoms with van der Waals surface area (Å²) in [7, 11) is 0. The van der Waals surface area contributed by atoms with Crippen LogP contribution in [-0.4, -0.2) is 11.2 Å².